The second kappa shape index (κ2) is 5.06. The van der Waals surface area contributed by atoms with E-state index in [0.717, 1.165) is 17.3 Å². The van der Waals surface area contributed by atoms with E-state index in [2.05, 4.69) is 4.98 Å². The molecule has 1 unspecified atom stereocenters. The van der Waals surface area contributed by atoms with Crippen molar-refractivity contribution in [3.05, 3.63) is 42.1 Å². The van der Waals surface area contributed by atoms with Crippen LogP contribution in [0.5, 0.6) is 0 Å². The SMILES string of the molecule is CCC(CN)C(=O)c1cccc2cccnc12. The molecule has 0 aliphatic rings. The van der Waals surface area contributed by atoms with Crippen LogP contribution in [0.3, 0.4) is 0 Å². The van der Waals surface area contributed by atoms with Crippen molar-refractivity contribution in [1.29, 1.82) is 0 Å². The quantitative estimate of drug-likeness (QED) is 0.817. The van der Waals surface area contributed by atoms with Crippen LogP contribution >= 0.6 is 0 Å². The maximum atomic E-state index is 12.3. The Kier molecular flexibility index (Phi) is 3.49. The first-order chi connectivity index (χ1) is 8.27. The standard InChI is InChI=1S/C14H16N2O/c1-2-10(9-15)14(17)12-7-3-5-11-6-4-8-16-13(11)12/h3-8,10H,2,9,15H2,1H3. The first-order valence-electron chi connectivity index (χ1n) is 5.86. The first-order valence-corrected chi connectivity index (χ1v) is 5.86. The Bertz CT molecular complexity index is 527. The van der Waals surface area contributed by atoms with Gasteiger partial charge in [-0.25, -0.2) is 0 Å². The highest BCUT2D eigenvalue weighted by molar-refractivity contribution is 6.07. The van der Waals surface area contributed by atoms with E-state index in [9.17, 15) is 4.79 Å². The van der Waals surface area contributed by atoms with Crippen LogP contribution in [0.4, 0.5) is 0 Å². The predicted molar refractivity (Wildman–Crippen MR) is 68.9 cm³/mol. The molecule has 0 bridgehead atoms. The molecule has 0 spiro atoms. The number of hydrogen-bond donors (Lipinski definition) is 1. The number of carbonyl (C=O) groups is 1. The molecule has 2 aromatic rings. The Hall–Kier alpha value is -1.74. The van der Waals surface area contributed by atoms with Gasteiger partial charge in [0.25, 0.3) is 0 Å². The zero-order valence-electron chi connectivity index (χ0n) is 9.89. The van der Waals surface area contributed by atoms with Gasteiger partial charge in [0.15, 0.2) is 5.78 Å². The molecule has 3 nitrogen and oxygen atoms in total. The van der Waals surface area contributed by atoms with Crippen molar-refractivity contribution >= 4 is 16.7 Å². The fraction of sp³-hybridized carbons (Fsp3) is 0.286. The summed E-state index contributed by atoms with van der Waals surface area (Å²) < 4.78 is 0. The molecule has 2 rings (SSSR count). The molecule has 17 heavy (non-hydrogen) atoms. The number of Topliss-reactive ketones (excluding diaryl/α,β-unsaturated/α-hetero) is 1. The van der Waals surface area contributed by atoms with E-state index in [1.165, 1.54) is 0 Å². The summed E-state index contributed by atoms with van der Waals surface area (Å²) in [6.45, 7) is 2.37. The van der Waals surface area contributed by atoms with Gasteiger partial charge < -0.3 is 5.73 Å². The third-order valence-electron chi connectivity index (χ3n) is 3.05. The van der Waals surface area contributed by atoms with Gasteiger partial charge in [-0.3, -0.25) is 9.78 Å². The van der Waals surface area contributed by atoms with E-state index >= 15 is 0 Å². The molecule has 1 aromatic carbocycles. The van der Waals surface area contributed by atoms with Gasteiger partial charge in [0.05, 0.1) is 5.52 Å². The van der Waals surface area contributed by atoms with Crippen molar-refractivity contribution < 1.29 is 4.79 Å². The van der Waals surface area contributed by atoms with Gasteiger partial charge in [-0.15, -0.1) is 0 Å². The molecule has 0 saturated carbocycles. The number of para-hydroxylation sites is 1. The fourth-order valence-electron chi connectivity index (χ4n) is 1.98. The minimum Gasteiger partial charge on any atom is -0.330 e. The molecule has 3 heteroatoms. The molecular weight excluding hydrogens is 212 g/mol. The molecule has 1 aromatic heterocycles. The summed E-state index contributed by atoms with van der Waals surface area (Å²) in [6, 6.07) is 9.51. The van der Waals surface area contributed by atoms with E-state index in [1.54, 1.807) is 6.20 Å². The molecule has 1 atom stereocenters. The van der Waals surface area contributed by atoms with Crippen molar-refractivity contribution in [3.63, 3.8) is 0 Å². The number of nitrogens with zero attached hydrogens (tertiary/aromatic N) is 1. The van der Waals surface area contributed by atoms with Gasteiger partial charge in [-0.05, 0) is 18.6 Å². The number of rotatable bonds is 4. The van der Waals surface area contributed by atoms with Crippen molar-refractivity contribution in [2.75, 3.05) is 6.54 Å². The van der Waals surface area contributed by atoms with E-state index in [-0.39, 0.29) is 11.7 Å². The third-order valence-corrected chi connectivity index (χ3v) is 3.05. The summed E-state index contributed by atoms with van der Waals surface area (Å²) in [5, 5.41) is 0.991. The average molecular weight is 228 g/mol. The highest BCUT2D eigenvalue weighted by Crippen LogP contribution is 2.20. The molecule has 0 amide bonds. The van der Waals surface area contributed by atoms with Gasteiger partial charge in [0.1, 0.15) is 0 Å². The molecular formula is C14H16N2O. The Morgan fingerprint density at radius 1 is 1.35 bits per heavy atom. The highest BCUT2D eigenvalue weighted by Gasteiger charge is 2.18. The van der Waals surface area contributed by atoms with Crippen molar-refractivity contribution in [3.8, 4) is 0 Å². The number of hydrogen-bond acceptors (Lipinski definition) is 3. The molecule has 1 heterocycles. The molecule has 0 fully saturated rings. The van der Waals surface area contributed by atoms with Gasteiger partial charge in [-0.2, -0.15) is 0 Å². The summed E-state index contributed by atoms with van der Waals surface area (Å²) in [4.78, 5) is 16.6. The van der Waals surface area contributed by atoms with Gasteiger partial charge in [0, 0.05) is 29.6 Å². The lowest BCUT2D eigenvalue weighted by atomic mass is 9.94. The molecule has 0 radical (unpaired) electrons. The van der Waals surface area contributed by atoms with Crippen molar-refractivity contribution in [2.45, 2.75) is 13.3 Å². The lowest BCUT2D eigenvalue weighted by molar-refractivity contribution is 0.0923. The predicted octanol–water partition coefficient (Wildman–Crippen LogP) is 2.40. The van der Waals surface area contributed by atoms with Crippen LogP contribution in [0.2, 0.25) is 0 Å². The highest BCUT2D eigenvalue weighted by atomic mass is 16.1. The largest absolute Gasteiger partial charge is 0.330 e. The van der Waals surface area contributed by atoms with Crippen LogP contribution < -0.4 is 5.73 Å². The first kappa shape index (κ1) is 11.7. The summed E-state index contributed by atoms with van der Waals surface area (Å²) in [5.41, 5.74) is 7.08. The van der Waals surface area contributed by atoms with E-state index in [4.69, 9.17) is 5.73 Å². The summed E-state index contributed by atoms with van der Waals surface area (Å²) in [7, 11) is 0. The average Bonchev–Trinajstić information content (AvgIpc) is 2.39. The maximum absolute atomic E-state index is 12.3. The van der Waals surface area contributed by atoms with E-state index in [0.29, 0.717) is 12.1 Å². The van der Waals surface area contributed by atoms with Crippen LogP contribution in [-0.4, -0.2) is 17.3 Å². The molecule has 0 saturated heterocycles. The number of pyridine rings is 1. The lowest BCUT2D eigenvalue weighted by Gasteiger charge is -2.12. The number of nitrogens with two attached hydrogens (primary N) is 1. The molecule has 2 N–H and O–H groups in total. The van der Waals surface area contributed by atoms with Crippen molar-refractivity contribution in [1.82, 2.24) is 4.98 Å². The minimum absolute atomic E-state index is 0.0966. The monoisotopic (exact) mass is 228 g/mol. The van der Waals surface area contributed by atoms with Gasteiger partial charge in [-0.1, -0.05) is 25.1 Å². The minimum atomic E-state index is -0.109. The number of fused-ring (bicyclic) bond motifs is 1. The van der Waals surface area contributed by atoms with E-state index in [1.807, 2.05) is 37.3 Å². The summed E-state index contributed by atoms with van der Waals surface area (Å²) in [6.07, 6.45) is 2.47. The van der Waals surface area contributed by atoms with Crippen LogP contribution in [0.25, 0.3) is 10.9 Å². The number of carbonyl (C=O) groups excluding carboxylic acids is 1. The van der Waals surface area contributed by atoms with Crippen LogP contribution in [0.15, 0.2) is 36.5 Å². The van der Waals surface area contributed by atoms with Crippen LogP contribution in [-0.2, 0) is 0 Å². The Morgan fingerprint density at radius 3 is 2.82 bits per heavy atom. The topological polar surface area (TPSA) is 56.0 Å². The normalized spacial score (nSPS) is 12.6. The van der Waals surface area contributed by atoms with Crippen molar-refractivity contribution in [2.24, 2.45) is 11.7 Å². The Balaban J connectivity index is 2.52. The molecule has 88 valence electrons. The Labute approximate surface area is 101 Å². The number of ketones is 1. The van der Waals surface area contributed by atoms with Gasteiger partial charge in [0.2, 0.25) is 0 Å². The zero-order valence-corrected chi connectivity index (χ0v) is 9.89. The van der Waals surface area contributed by atoms with Gasteiger partial charge >= 0.3 is 0 Å². The maximum Gasteiger partial charge on any atom is 0.169 e. The number of aromatic nitrogens is 1. The van der Waals surface area contributed by atoms with Crippen LogP contribution in [0.1, 0.15) is 23.7 Å². The molecule has 0 aliphatic heterocycles. The number of benzene rings is 1. The van der Waals surface area contributed by atoms with E-state index < -0.39 is 0 Å². The zero-order chi connectivity index (χ0) is 12.3. The Morgan fingerprint density at radius 2 is 2.12 bits per heavy atom. The second-order valence-corrected chi connectivity index (χ2v) is 4.09. The smallest absolute Gasteiger partial charge is 0.169 e. The third kappa shape index (κ3) is 2.19. The summed E-state index contributed by atoms with van der Waals surface area (Å²) >= 11 is 0. The second-order valence-electron chi connectivity index (χ2n) is 4.09. The lowest BCUT2D eigenvalue weighted by Crippen LogP contribution is -2.23. The molecule has 0 aliphatic carbocycles. The summed E-state index contributed by atoms with van der Waals surface area (Å²) in [5.74, 6) is -0.0121. The fourth-order valence-corrected chi connectivity index (χ4v) is 1.98. The van der Waals surface area contributed by atoms with Crippen LogP contribution in [0, 0.1) is 5.92 Å².